The average molecular weight is 248 g/mol. The summed E-state index contributed by atoms with van der Waals surface area (Å²) in [5.41, 5.74) is 6.33. The number of amides is 1. The third kappa shape index (κ3) is 3.15. The molecule has 0 heterocycles. The van der Waals surface area contributed by atoms with Crippen LogP contribution in [0.15, 0.2) is 24.3 Å². The summed E-state index contributed by atoms with van der Waals surface area (Å²) in [4.78, 5) is 11.9. The zero-order chi connectivity index (χ0) is 13.0. The molecule has 1 atom stereocenters. The highest BCUT2D eigenvalue weighted by Gasteiger charge is 2.21. The molecule has 3 N–H and O–H groups in total. The molecule has 0 aliphatic heterocycles. The number of nitrogen functional groups attached to an aromatic ring is 1. The van der Waals surface area contributed by atoms with Crippen LogP contribution in [-0.2, 0) is 4.79 Å². The lowest BCUT2D eigenvalue weighted by molar-refractivity contribution is -0.127. The van der Waals surface area contributed by atoms with Crippen molar-refractivity contribution in [3.8, 4) is 5.75 Å². The van der Waals surface area contributed by atoms with E-state index in [-0.39, 0.29) is 5.91 Å². The fourth-order valence-electron chi connectivity index (χ4n) is 2.22. The van der Waals surface area contributed by atoms with Gasteiger partial charge in [-0.05, 0) is 31.9 Å². The average Bonchev–Trinajstić information content (AvgIpc) is 2.84. The third-order valence-corrected chi connectivity index (χ3v) is 3.29. The largest absolute Gasteiger partial charge is 0.479 e. The number of ether oxygens (including phenoxy) is 1. The maximum absolute atomic E-state index is 11.9. The number of carbonyl (C=O) groups is 1. The van der Waals surface area contributed by atoms with Crippen molar-refractivity contribution in [2.45, 2.75) is 44.8 Å². The fraction of sp³-hybridized carbons (Fsp3) is 0.500. The lowest BCUT2D eigenvalue weighted by atomic mass is 10.2. The Balaban J connectivity index is 1.89. The highest BCUT2D eigenvalue weighted by molar-refractivity contribution is 5.81. The molecule has 0 aromatic heterocycles. The van der Waals surface area contributed by atoms with Gasteiger partial charge >= 0.3 is 0 Å². The molecule has 1 aromatic rings. The first kappa shape index (κ1) is 12.7. The third-order valence-electron chi connectivity index (χ3n) is 3.29. The van der Waals surface area contributed by atoms with Gasteiger partial charge in [-0.25, -0.2) is 0 Å². The van der Waals surface area contributed by atoms with Gasteiger partial charge in [0.25, 0.3) is 5.91 Å². The minimum atomic E-state index is -0.518. The van der Waals surface area contributed by atoms with Gasteiger partial charge in [0.1, 0.15) is 5.75 Å². The molecule has 1 unspecified atom stereocenters. The van der Waals surface area contributed by atoms with Crippen LogP contribution >= 0.6 is 0 Å². The standard InChI is InChI=1S/C14H20N2O2/c1-10(14(17)16-11-6-2-3-7-11)18-13-9-5-4-8-12(13)15/h4-5,8-11H,2-3,6-7,15H2,1H3,(H,16,17). The number of benzene rings is 1. The lowest BCUT2D eigenvalue weighted by Crippen LogP contribution is -2.41. The quantitative estimate of drug-likeness (QED) is 0.802. The van der Waals surface area contributed by atoms with Crippen LogP contribution in [-0.4, -0.2) is 18.1 Å². The van der Waals surface area contributed by atoms with E-state index < -0.39 is 6.10 Å². The second-order valence-electron chi connectivity index (χ2n) is 4.79. The summed E-state index contributed by atoms with van der Waals surface area (Å²) in [5, 5.41) is 3.01. The van der Waals surface area contributed by atoms with Crippen molar-refractivity contribution >= 4 is 11.6 Å². The van der Waals surface area contributed by atoms with Crippen molar-refractivity contribution in [3.63, 3.8) is 0 Å². The Bertz CT molecular complexity index is 414. The van der Waals surface area contributed by atoms with E-state index in [4.69, 9.17) is 10.5 Å². The first-order valence-electron chi connectivity index (χ1n) is 6.48. The number of para-hydroxylation sites is 2. The zero-order valence-electron chi connectivity index (χ0n) is 10.7. The number of nitrogens with one attached hydrogen (secondary N) is 1. The smallest absolute Gasteiger partial charge is 0.260 e. The SMILES string of the molecule is CC(Oc1ccccc1N)C(=O)NC1CCCC1. The summed E-state index contributed by atoms with van der Waals surface area (Å²) in [6, 6.07) is 7.53. The minimum absolute atomic E-state index is 0.0647. The monoisotopic (exact) mass is 248 g/mol. The number of hydrogen-bond acceptors (Lipinski definition) is 3. The van der Waals surface area contributed by atoms with Gasteiger partial charge < -0.3 is 15.8 Å². The van der Waals surface area contributed by atoms with Crippen LogP contribution in [0.3, 0.4) is 0 Å². The number of rotatable bonds is 4. The Morgan fingerprint density at radius 2 is 2.06 bits per heavy atom. The molecule has 4 heteroatoms. The zero-order valence-corrected chi connectivity index (χ0v) is 10.7. The summed E-state index contributed by atoms with van der Waals surface area (Å²) in [5.74, 6) is 0.497. The molecular weight excluding hydrogens is 228 g/mol. The fourth-order valence-corrected chi connectivity index (χ4v) is 2.22. The van der Waals surface area contributed by atoms with E-state index in [0.717, 1.165) is 12.8 Å². The molecular formula is C14H20N2O2. The van der Waals surface area contributed by atoms with E-state index in [0.29, 0.717) is 17.5 Å². The molecule has 1 aliphatic carbocycles. The first-order valence-corrected chi connectivity index (χ1v) is 6.48. The molecule has 4 nitrogen and oxygen atoms in total. The van der Waals surface area contributed by atoms with Crippen LogP contribution in [0.4, 0.5) is 5.69 Å². The Morgan fingerprint density at radius 1 is 1.39 bits per heavy atom. The van der Waals surface area contributed by atoms with Crippen molar-refractivity contribution < 1.29 is 9.53 Å². The molecule has 1 aromatic carbocycles. The van der Waals surface area contributed by atoms with Crippen LogP contribution in [0.2, 0.25) is 0 Å². The summed E-state index contributed by atoms with van der Waals surface area (Å²) in [6.45, 7) is 1.75. The van der Waals surface area contributed by atoms with Crippen LogP contribution in [0.1, 0.15) is 32.6 Å². The highest BCUT2D eigenvalue weighted by atomic mass is 16.5. The van der Waals surface area contributed by atoms with E-state index in [2.05, 4.69) is 5.32 Å². The van der Waals surface area contributed by atoms with Gasteiger partial charge in [-0.3, -0.25) is 4.79 Å². The van der Waals surface area contributed by atoms with Crippen molar-refractivity contribution in [1.82, 2.24) is 5.32 Å². The predicted octanol–water partition coefficient (Wildman–Crippen LogP) is 2.09. The Morgan fingerprint density at radius 3 is 2.72 bits per heavy atom. The molecule has 1 aliphatic rings. The van der Waals surface area contributed by atoms with Crippen molar-refractivity contribution in [3.05, 3.63) is 24.3 Å². The topological polar surface area (TPSA) is 64.3 Å². The van der Waals surface area contributed by atoms with Gasteiger partial charge in [0, 0.05) is 6.04 Å². The molecule has 2 rings (SSSR count). The van der Waals surface area contributed by atoms with Gasteiger partial charge in [-0.1, -0.05) is 25.0 Å². The van der Waals surface area contributed by atoms with Gasteiger partial charge in [0.2, 0.25) is 0 Å². The van der Waals surface area contributed by atoms with Gasteiger partial charge in [-0.15, -0.1) is 0 Å². The van der Waals surface area contributed by atoms with Crippen molar-refractivity contribution in [2.24, 2.45) is 0 Å². The minimum Gasteiger partial charge on any atom is -0.479 e. The number of nitrogens with two attached hydrogens (primary N) is 1. The molecule has 1 fully saturated rings. The van der Waals surface area contributed by atoms with Gasteiger partial charge in [0.15, 0.2) is 6.10 Å². The van der Waals surface area contributed by atoms with Crippen molar-refractivity contribution in [1.29, 1.82) is 0 Å². The van der Waals surface area contributed by atoms with Crippen LogP contribution in [0, 0.1) is 0 Å². The Kier molecular flexibility index (Phi) is 4.07. The summed E-state index contributed by atoms with van der Waals surface area (Å²) in [7, 11) is 0. The molecule has 1 saturated carbocycles. The number of carbonyl (C=O) groups excluding carboxylic acids is 1. The number of anilines is 1. The second-order valence-corrected chi connectivity index (χ2v) is 4.79. The van der Waals surface area contributed by atoms with E-state index in [9.17, 15) is 4.79 Å². The van der Waals surface area contributed by atoms with Crippen LogP contribution in [0.25, 0.3) is 0 Å². The summed E-state index contributed by atoms with van der Waals surface area (Å²) >= 11 is 0. The van der Waals surface area contributed by atoms with E-state index in [1.165, 1.54) is 12.8 Å². The Labute approximate surface area is 108 Å². The van der Waals surface area contributed by atoms with E-state index >= 15 is 0 Å². The molecule has 1 amide bonds. The highest BCUT2D eigenvalue weighted by Crippen LogP contribution is 2.22. The normalized spacial score (nSPS) is 17.4. The van der Waals surface area contributed by atoms with Gasteiger partial charge in [-0.2, -0.15) is 0 Å². The molecule has 0 bridgehead atoms. The predicted molar refractivity (Wildman–Crippen MR) is 71.3 cm³/mol. The van der Waals surface area contributed by atoms with Crippen LogP contribution in [0.5, 0.6) is 5.75 Å². The summed E-state index contributed by atoms with van der Waals surface area (Å²) in [6.07, 6.45) is 4.03. The second kappa shape index (κ2) is 5.76. The molecule has 0 spiro atoms. The van der Waals surface area contributed by atoms with Crippen molar-refractivity contribution in [2.75, 3.05) is 5.73 Å². The van der Waals surface area contributed by atoms with Crippen LogP contribution < -0.4 is 15.8 Å². The summed E-state index contributed by atoms with van der Waals surface area (Å²) < 4.78 is 5.58. The number of hydrogen-bond donors (Lipinski definition) is 2. The van der Waals surface area contributed by atoms with E-state index in [1.54, 1.807) is 19.1 Å². The molecule has 0 saturated heterocycles. The maximum Gasteiger partial charge on any atom is 0.260 e. The Hall–Kier alpha value is -1.71. The first-order chi connectivity index (χ1) is 8.66. The van der Waals surface area contributed by atoms with E-state index in [1.807, 2.05) is 12.1 Å². The molecule has 18 heavy (non-hydrogen) atoms. The maximum atomic E-state index is 11.9. The molecule has 0 radical (unpaired) electrons. The van der Waals surface area contributed by atoms with Gasteiger partial charge in [0.05, 0.1) is 5.69 Å². The molecule has 98 valence electrons. The lowest BCUT2D eigenvalue weighted by Gasteiger charge is -2.18.